The van der Waals surface area contributed by atoms with Gasteiger partial charge in [0.1, 0.15) is 6.29 Å². The van der Waals surface area contributed by atoms with Gasteiger partial charge in [0.15, 0.2) is 11.5 Å². The van der Waals surface area contributed by atoms with Crippen molar-refractivity contribution in [1.82, 2.24) is 9.97 Å². The number of aromatic nitrogens is 2. The summed E-state index contributed by atoms with van der Waals surface area (Å²) in [5.41, 5.74) is 5.22. The molecule has 0 saturated heterocycles. The standard InChI is InChI=1S/C8H7N3O3/c9-7-6(8(13)14)11-5(4-10-7)2-1-3-12/h1-4H,(H2,9,10)(H,13,14). The molecule has 1 aromatic heterocycles. The molecule has 0 spiro atoms. The van der Waals surface area contributed by atoms with Gasteiger partial charge in [-0.05, 0) is 12.2 Å². The molecule has 0 aliphatic rings. The number of allylic oxidation sites excluding steroid dienone is 1. The maximum absolute atomic E-state index is 10.6. The first-order valence-electron chi connectivity index (χ1n) is 3.63. The van der Waals surface area contributed by atoms with Crippen LogP contribution in [0.25, 0.3) is 6.08 Å². The Morgan fingerprint density at radius 1 is 1.57 bits per heavy atom. The van der Waals surface area contributed by atoms with Crippen molar-refractivity contribution in [3.63, 3.8) is 0 Å². The number of nitrogen functional groups attached to an aromatic ring is 1. The second-order valence-electron chi connectivity index (χ2n) is 2.33. The third-order valence-corrected chi connectivity index (χ3v) is 1.37. The Balaban J connectivity index is 3.12. The molecule has 0 saturated carbocycles. The summed E-state index contributed by atoms with van der Waals surface area (Å²) in [6, 6.07) is 0. The third kappa shape index (κ3) is 2.13. The summed E-state index contributed by atoms with van der Waals surface area (Å²) in [5.74, 6) is -1.41. The van der Waals surface area contributed by atoms with Crippen LogP contribution in [-0.4, -0.2) is 27.3 Å². The first-order valence-corrected chi connectivity index (χ1v) is 3.63. The van der Waals surface area contributed by atoms with Crippen LogP contribution < -0.4 is 5.73 Å². The van der Waals surface area contributed by atoms with Gasteiger partial charge in [-0.25, -0.2) is 14.8 Å². The van der Waals surface area contributed by atoms with Crippen molar-refractivity contribution >= 4 is 24.1 Å². The third-order valence-electron chi connectivity index (χ3n) is 1.37. The molecule has 0 bridgehead atoms. The van der Waals surface area contributed by atoms with Gasteiger partial charge in [0.2, 0.25) is 0 Å². The average Bonchev–Trinajstić information content (AvgIpc) is 2.16. The molecule has 0 aromatic carbocycles. The molecular formula is C8H7N3O3. The van der Waals surface area contributed by atoms with Crippen molar-refractivity contribution in [2.24, 2.45) is 0 Å². The molecule has 0 atom stereocenters. The Morgan fingerprint density at radius 2 is 2.29 bits per heavy atom. The van der Waals surface area contributed by atoms with Gasteiger partial charge < -0.3 is 10.8 Å². The number of nitrogens with two attached hydrogens (primary N) is 1. The van der Waals surface area contributed by atoms with Gasteiger partial charge in [0.25, 0.3) is 0 Å². The van der Waals surface area contributed by atoms with E-state index in [-0.39, 0.29) is 17.2 Å². The Labute approximate surface area is 79.1 Å². The van der Waals surface area contributed by atoms with E-state index in [1.165, 1.54) is 18.3 Å². The van der Waals surface area contributed by atoms with Crippen LogP contribution in [0.15, 0.2) is 12.3 Å². The fraction of sp³-hybridized carbons (Fsp3) is 0. The molecule has 1 aromatic rings. The minimum Gasteiger partial charge on any atom is -0.476 e. The Morgan fingerprint density at radius 3 is 2.86 bits per heavy atom. The fourth-order valence-electron chi connectivity index (χ4n) is 0.788. The van der Waals surface area contributed by atoms with E-state index >= 15 is 0 Å². The van der Waals surface area contributed by atoms with Gasteiger partial charge in [0, 0.05) is 0 Å². The summed E-state index contributed by atoms with van der Waals surface area (Å²) in [6.45, 7) is 0. The molecule has 0 fully saturated rings. The molecule has 6 heteroatoms. The fourth-order valence-corrected chi connectivity index (χ4v) is 0.788. The summed E-state index contributed by atoms with van der Waals surface area (Å²) in [7, 11) is 0. The highest BCUT2D eigenvalue weighted by atomic mass is 16.4. The average molecular weight is 193 g/mol. The van der Waals surface area contributed by atoms with Crippen LogP contribution >= 0.6 is 0 Å². The summed E-state index contributed by atoms with van der Waals surface area (Å²) in [6.07, 6.45) is 4.36. The van der Waals surface area contributed by atoms with Crippen molar-refractivity contribution in [2.75, 3.05) is 5.73 Å². The van der Waals surface area contributed by atoms with E-state index < -0.39 is 5.97 Å². The zero-order valence-corrected chi connectivity index (χ0v) is 7.04. The number of aldehydes is 1. The van der Waals surface area contributed by atoms with Crippen molar-refractivity contribution in [3.05, 3.63) is 23.7 Å². The van der Waals surface area contributed by atoms with Gasteiger partial charge in [-0.2, -0.15) is 0 Å². The number of carboxylic acids is 1. The molecule has 1 heterocycles. The van der Waals surface area contributed by atoms with Crippen LogP contribution in [0, 0.1) is 0 Å². The molecule has 0 unspecified atom stereocenters. The van der Waals surface area contributed by atoms with E-state index in [0.29, 0.717) is 6.29 Å². The van der Waals surface area contributed by atoms with Gasteiger partial charge >= 0.3 is 5.97 Å². The minimum absolute atomic E-state index is 0.152. The molecule has 14 heavy (non-hydrogen) atoms. The zero-order chi connectivity index (χ0) is 10.6. The Bertz CT molecular complexity index is 401. The quantitative estimate of drug-likeness (QED) is 0.515. The normalized spacial score (nSPS) is 10.3. The molecule has 0 aliphatic heterocycles. The number of rotatable bonds is 3. The lowest BCUT2D eigenvalue weighted by atomic mass is 10.3. The lowest BCUT2D eigenvalue weighted by Gasteiger charge is -1.98. The van der Waals surface area contributed by atoms with Crippen LogP contribution in [0.2, 0.25) is 0 Å². The predicted octanol–water partition coefficient (Wildman–Crippen LogP) is -0.0309. The highest BCUT2D eigenvalue weighted by Crippen LogP contribution is 2.06. The van der Waals surface area contributed by atoms with E-state index in [9.17, 15) is 9.59 Å². The van der Waals surface area contributed by atoms with Crippen LogP contribution in [0.3, 0.4) is 0 Å². The molecular weight excluding hydrogens is 186 g/mol. The van der Waals surface area contributed by atoms with Crippen LogP contribution in [0.5, 0.6) is 0 Å². The number of carbonyl (C=O) groups excluding carboxylic acids is 1. The van der Waals surface area contributed by atoms with E-state index in [0.717, 1.165) is 0 Å². The van der Waals surface area contributed by atoms with E-state index in [1.807, 2.05) is 0 Å². The predicted molar refractivity (Wildman–Crippen MR) is 48.5 cm³/mol. The van der Waals surface area contributed by atoms with Crippen LogP contribution in [-0.2, 0) is 4.79 Å². The van der Waals surface area contributed by atoms with E-state index in [2.05, 4.69) is 9.97 Å². The summed E-state index contributed by atoms with van der Waals surface area (Å²) >= 11 is 0. The van der Waals surface area contributed by atoms with Gasteiger partial charge in [0.05, 0.1) is 11.9 Å². The second kappa shape index (κ2) is 4.13. The van der Waals surface area contributed by atoms with Gasteiger partial charge in [-0.1, -0.05) is 0 Å². The molecule has 0 aliphatic carbocycles. The molecule has 0 radical (unpaired) electrons. The highest BCUT2D eigenvalue weighted by Gasteiger charge is 2.10. The summed E-state index contributed by atoms with van der Waals surface area (Å²) < 4.78 is 0. The Hall–Kier alpha value is -2.24. The van der Waals surface area contributed by atoms with Crippen LogP contribution in [0.1, 0.15) is 16.2 Å². The van der Waals surface area contributed by atoms with E-state index in [4.69, 9.17) is 10.8 Å². The monoisotopic (exact) mass is 193 g/mol. The molecule has 6 nitrogen and oxygen atoms in total. The number of anilines is 1. The van der Waals surface area contributed by atoms with E-state index in [1.54, 1.807) is 0 Å². The van der Waals surface area contributed by atoms with Gasteiger partial charge in [-0.15, -0.1) is 0 Å². The second-order valence-corrected chi connectivity index (χ2v) is 2.33. The smallest absolute Gasteiger partial charge is 0.358 e. The lowest BCUT2D eigenvalue weighted by Crippen LogP contribution is -2.08. The zero-order valence-electron chi connectivity index (χ0n) is 7.04. The summed E-state index contributed by atoms with van der Waals surface area (Å²) in [5, 5.41) is 8.64. The highest BCUT2D eigenvalue weighted by molar-refractivity contribution is 5.90. The SMILES string of the molecule is Nc1ncc(C=CC=O)nc1C(=O)O. The molecule has 1 rings (SSSR count). The van der Waals surface area contributed by atoms with Crippen molar-refractivity contribution in [2.45, 2.75) is 0 Å². The van der Waals surface area contributed by atoms with Crippen molar-refractivity contribution in [3.8, 4) is 0 Å². The number of carboxylic acid groups (broad SMARTS) is 1. The molecule has 3 N–H and O–H groups in total. The van der Waals surface area contributed by atoms with Crippen LogP contribution in [0.4, 0.5) is 5.82 Å². The summed E-state index contributed by atoms with van der Waals surface area (Å²) in [4.78, 5) is 27.9. The number of hydrogen-bond donors (Lipinski definition) is 2. The van der Waals surface area contributed by atoms with Crippen molar-refractivity contribution in [1.29, 1.82) is 0 Å². The van der Waals surface area contributed by atoms with Gasteiger partial charge in [-0.3, -0.25) is 4.79 Å². The number of hydrogen-bond acceptors (Lipinski definition) is 5. The first kappa shape index (κ1) is 9.85. The molecule has 72 valence electrons. The maximum atomic E-state index is 10.6. The topological polar surface area (TPSA) is 106 Å². The largest absolute Gasteiger partial charge is 0.476 e. The number of aromatic carboxylic acids is 1. The lowest BCUT2D eigenvalue weighted by molar-refractivity contribution is -0.104. The van der Waals surface area contributed by atoms with Crippen molar-refractivity contribution < 1.29 is 14.7 Å². The Kier molecular flexibility index (Phi) is 2.90. The number of nitrogens with zero attached hydrogens (tertiary/aromatic N) is 2. The number of carbonyl (C=O) groups is 2. The minimum atomic E-state index is -1.25. The first-order chi connectivity index (χ1) is 6.65. The molecule has 0 amide bonds. The maximum Gasteiger partial charge on any atom is 0.358 e.